The highest BCUT2D eigenvalue weighted by Gasteiger charge is 2.13. The number of aromatic hydroxyl groups is 1. The molecular formula is C13H10ClIN2O2. The van der Waals surface area contributed by atoms with Crippen molar-refractivity contribution in [2.24, 2.45) is 0 Å². The second-order valence-electron chi connectivity index (χ2n) is 3.88. The summed E-state index contributed by atoms with van der Waals surface area (Å²) in [5.41, 5.74) is 1.40. The normalized spacial score (nSPS) is 10.3. The Morgan fingerprint density at radius 2 is 2.11 bits per heavy atom. The first kappa shape index (κ1) is 14.1. The maximum absolute atomic E-state index is 12.1. The third-order valence-electron chi connectivity index (χ3n) is 2.50. The van der Waals surface area contributed by atoms with E-state index in [4.69, 9.17) is 11.6 Å². The van der Waals surface area contributed by atoms with Gasteiger partial charge in [-0.1, -0.05) is 11.6 Å². The lowest BCUT2D eigenvalue weighted by Gasteiger charge is -2.09. The number of carbonyl (C=O) groups excluding carboxylic acids is 1. The number of carbonyl (C=O) groups is 1. The van der Waals surface area contributed by atoms with Crippen LogP contribution in [0.25, 0.3) is 0 Å². The van der Waals surface area contributed by atoms with Gasteiger partial charge in [-0.3, -0.25) is 4.79 Å². The second kappa shape index (κ2) is 5.75. The lowest BCUT2D eigenvalue weighted by atomic mass is 10.2. The van der Waals surface area contributed by atoms with Crippen LogP contribution in [-0.2, 0) is 0 Å². The van der Waals surface area contributed by atoms with E-state index in [9.17, 15) is 9.90 Å². The second-order valence-corrected chi connectivity index (χ2v) is 5.52. The Morgan fingerprint density at radius 1 is 1.37 bits per heavy atom. The van der Waals surface area contributed by atoms with E-state index < -0.39 is 0 Å². The summed E-state index contributed by atoms with van der Waals surface area (Å²) in [6, 6.07) is 8.10. The van der Waals surface area contributed by atoms with Crippen molar-refractivity contribution in [1.29, 1.82) is 0 Å². The topological polar surface area (TPSA) is 62.2 Å². The van der Waals surface area contributed by atoms with Crippen LogP contribution >= 0.6 is 34.2 Å². The number of phenols is 1. The number of hydrogen-bond acceptors (Lipinski definition) is 3. The first-order valence-electron chi connectivity index (χ1n) is 5.40. The quantitative estimate of drug-likeness (QED) is 0.610. The van der Waals surface area contributed by atoms with Crippen molar-refractivity contribution < 1.29 is 9.90 Å². The van der Waals surface area contributed by atoms with Gasteiger partial charge in [0, 0.05) is 3.57 Å². The summed E-state index contributed by atoms with van der Waals surface area (Å²) in [7, 11) is 0. The van der Waals surface area contributed by atoms with Crippen molar-refractivity contribution in [3.8, 4) is 5.75 Å². The minimum Gasteiger partial charge on any atom is -0.507 e. The number of nitrogens with zero attached hydrogens (tertiary/aromatic N) is 1. The van der Waals surface area contributed by atoms with Crippen LogP contribution in [0.5, 0.6) is 5.75 Å². The third-order valence-corrected chi connectivity index (χ3v) is 3.38. The molecule has 0 aliphatic carbocycles. The maximum atomic E-state index is 12.1. The lowest BCUT2D eigenvalue weighted by molar-refractivity contribution is 0.102. The molecule has 6 heteroatoms. The molecule has 0 atom stereocenters. The number of pyridine rings is 1. The van der Waals surface area contributed by atoms with E-state index in [0.29, 0.717) is 16.5 Å². The summed E-state index contributed by atoms with van der Waals surface area (Å²) in [6.07, 6.45) is 0. The molecule has 2 aromatic rings. The fourth-order valence-corrected chi connectivity index (χ4v) is 2.22. The largest absolute Gasteiger partial charge is 0.507 e. The summed E-state index contributed by atoms with van der Waals surface area (Å²) in [5, 5.41) is 12.8. The first-order chi connectivity index (χ1) is 8.97. The molecule has 0 spiro atoms. The summed E-state index contributed by atoms with van der Waals surface area (Å²) in [5.74, 6) is -0.444. The number of aryl methyl sites for hydroxylation is 1. The van der Waals surface area contributed by atoms with Crippen LogP contribution in [0.4, 0.5) is 5.69 Å². The van der Waals surface area contributed by atoms with Crippen LogP contribution in [0.15, 0.2) is 30.3 Å². The molecule has 2 rings (SSSR count). The van der Waals surface area contributed by atoms with Crippen molar-refractivity contribution in [1.82, 2.24) is 4.98 Å². The Hall–Kier alpha value is -1.34. The number of aromatic nitrogens is 1. The van der Waals surface area contributed by atoms with E-state index >= 15 is 0 Å². The number of phenolic OH excluding ortho intramolecular Hbond substituents is 1. The molecule has 0 radical (unpaired) electrons. The number of rotatable bonds is 2. The monoisotopic (exact) mass is 388 g/mol. The number of benzene rings is 1. The van der Waals surface area contributed by atoms with Crippen molar-refractivity contribution in [2.75, 3.05) is 5.32 Å². The summed E-state index contributed by atoms with van der Waals surface area (Å²) in [4.78, 5) is 16.1. The Bertz CT molecular complexity index is 647. The van der Waals surface area contributed by atoms with Gasteiger partial charge in [-0.25, -0.2) is 4.98 Å². The standard InChI is InChI=1S/C13H10ClIN2O2/c1-7-10(3-5-12(14)16-7)17-13(19)9-6-8(15)2-4-11(9)18/h2-6,18H,1H3,(H,17,19). The molecule has 1 aromatic carbocycles. The van der Waals surface area contributed by atoms with Gasteiger partial charge in [0.05, 0.1) is 16.9 Å². The van der Waals surface area contributed by atoms with Crippen LogP contribution in [0.1, 0.15) is 16.1 Å². The van der Waals surface area contributed by atoms with E-state index in [1.807, 2.05) is 0 Å². The van der Waals surface area contributed by atoms with Crippen molar-refractivity contribution in [3.63, 3.8) is 0 Å². The molecule has 1 amide bonds. The van der Waals surface area contributed by atoms with Gasteiger partial charge in [0.1, 0.15) is 10.9 Å². The van der Waals surface area contributed by atoms with E-state index in [1.165, 1.54) is 6.07 Å². The lowest BCUT2D eigenvalue weighted by Crippen LogP contribution is -2.13. The predicted octanol–water partition coefficient (Wildman–Crippen LogP) is 3.61. The van der Waals surface area contributed by atoms with E-state index in [1.54, 1.807) is 31.2 Å². The number of anilines is 1. The Labute approximate surface area is 129 Å². The SMILES string of the molecule is Cc1nc(Cl)ccc1NC(=O)c1cc(I)ccc1O. The molecule has 0 bridgehead atoms. The van der Waals surface area contributed by atoms with Crippen LogP contribution in [-0.4, -0.2) is 16.0 Å². The zero-order valence-corrected chi connectivity index (χ0v) is 12.9. The summed E-state index contributed by atoms with van der Waals surface area (Å²) in [6.45, 7) is 1.75. The van der Waals surface area contributed by atoms with Crippen LogP contribution < -0.4 is 5.32 Å². The molecule has 2 N–H and O–H groups in total. The molecule has 98 valence electrons. The van der Waals surface area contributed by atoms with Gasteiger partial charge in [0.15, 0.2) is 0 Å². The van der Waals surface area contributed by atoms with Crippen LogP contribution in [0, 0.1) is 10.5 Å². The van der Waals surface area contributed by atoms with Gasteiger partial charge in [0.2, 0.25) is 0 Å². The van der Waals surface area contributed by atoms with E-state index in [-0.39, 0.29) is 17.2 Å². The van der Waals surface area contributed by atoms with Crippen molar-refractivity contribution in [2.45, 2.75) is 6.92 Å². The van der Waals surface area contributed by atoms with E-state index in [0.717, 1.165) is 3.57 Å². The smallest absolute Gasteiger partial charge is 0.259 e. The van der Waals surface area contributed by atoms with Crippen molar-refractivity contribution >= 4 is 45.8 Å². The highest BCUT2D eigenvalue weighted by atomic mass is 127. The highest BCUT2D eigenvalue weighted by Crippen LogP contribution is 2.22. The third kappa shape index (κ3) is 3.36. The number of nitrogens with one attached hydrogen (secondary N) is 1. The molecule has 0 aliphatic heterocycles. The molecule has 0 saturated carbocycles. The summed E-state index contributed by atoms with van der Waals surface area (Å²) >= 11 is 7.83. The molecule has 0 aliphatic rings. The Kier molecular flexibility index (Phi) is 4.26. The minimum atomic E-state index is -0.386. The maximum Gasteiger partial charge on any atom is 0.259 e. The molecule has 1 heterocycles. The Morgan fingerprint density at radius 3 is 2.79 bits per heavy atom. The van der Waals surface area contributed by atoms with E-state index in [2.05, 4.69) is 32.9 Å². The fourth-order valence-electron chi connectivity index (χ4n) is 1.54. The molecule has 0 saturated heterocycles. The van der Waals surface area contributed by atoms with Gasteiger partial charge >= 0.3 is 0 Å². The van der Waals surface area contributed by atoms with Gasteiger partial charge in [-0.2, -0.15) is 0 Å². The number of amides is 1. The molecular weight excluding hydrogens is 379 g/mol. The van der Waals surface area contributed by atoms with Gasteiger partial charge in [-0.15, -0.1) is 0 Å². The molecule has 1 aromatic heterocycles. The van der Waals surface area contributed by atoms with Crippen LogP contribution in [0.3, 0.4) is 0 Å². The average Bonchev–Trinajstić information content (AvgIpc) is 2.35. The predicted molar refractivity (Wildman–Crippen MR) is 82.8 cm³/mol. The zero-order valence-electron chi connectivity index (χ0n) is 9.95. The summed E-state index contributed by atoms with van der Waals surface area (Å²) < 4.78 is 0.867. The Balaban J connectivity index is 2.28. The number of halogens is 2. The molecule has 4 nitrogen and oxygen atoms in total. The van der Waals surface area contributed by atoms with Crippen LogP contribution in [0.2, 0.25) is 5.15 Å². The average molecular weight is 389 g/mol. The zero-order chi connectivity index (χ0) is 14.0. The number of hydrogen-bond donors (Lipinski definition) is 2. The first-order valence-corrected chi connectivity index (χ1v) is 6.86. The fraction of sp³-hybridized carbons (Fsp3) is 0.0769. The van der Waals surface area contributed by atoms with Gasteiger partial charge in [-0.05, 0) is 59.8 Å². The van der Waals surface area contributed by atoms with Gasteiger partial charge in [0.25, 0.3) is 5.91 Å². The molecule has 0 unspecified atom stereocenters. The van der Waals surface area contributed by atoms with Gasteiger partial charge < -0.3 is 10.4 Å². The molecule has 0 fully saturated rings. The van der Waals surface area contributed by atoms with Crippen molar-refractivity contribution in [3.05, 3.63) is 50.3 Å². The highest BCUT2D eigenvalue weighted by molar-refractivity contribution is 14.1. The minimum absolute atomic E-state index is 0.0579. The molecule has 19 heavy (non-hydrogen) atoms.